The standard InChI is InChI=1S/C17H23N3S/c1-4-19-16(15-9-13(3)10-20-17(15)18)11-21-14-7-5-12(2)6-8-14/h5-10,16,19H,4,11H2,1-3H3,(H2,18,20). The van der Waals surface area contributed by atoms with Gasteiger partial charge >= 0.3 is 0 Å². The molecule has 0 aliphatic carbocycles. The van der Waals surface area contributed by atoms with Crippen molar-refractivity contribution >= 4 is 17.6 Å². The van der Waals surface area contributed by atoms with Gasteiger partial charge in [-0.15, -0.1) is 11.8 Å². The Balaban J connectivity index is 2.11. The van der Waals surface area contributed by atoms with Crippen LogP contribution in [-0.4, -0.2) is 17.3 Å². The number of thioether (sulfide) groups is 1. The second kappa shape index (κ2) is 7.48. The number of nitrogens with one attached hydrogen (secondary N) is 1. The van der Waals surface area contributed by atoms with Crippen LogP contribution in [0, 0.1) is 13.8 Å². The van der Waals surface area contributed by atoms with Crippen LogP contribution < -0.4 is 11.1 Å². The van der Waals surface area contributed by atoms with Crippen molar-refractivity contribution in [2.75, 3.05) is 18.0 Å². The third-order valence-electron chi connectivity index (χ3n) is 3.35. The van der Waals surface area contributed by atoms with Crippen LogP contribution in [0.15, 0.2) is 41.4 Å². The molecule has 1 heterocycles. The molecule has 1 aromatic heterocycles. The molecule has 0 amide bonds. The molecule has 1 aromatic carbocycles. The first-order valence-electron chi connectivity index (χ1n) is 7.25. The second-order valence-corrected chi connectivity index (χ2v) is 6.31. The van der Waals surface area contributed by atoms with Crippen LogP contribution in [-0.2, 0) is 0 Å². The van der Waals surface area contributed by atoms with Crippen molar-refractivity contribution in [2.24, 2.45) is 0 Å². The van der Waals surface area contributed by atoms with E-state index in [0.717, 1.165) is 23.4 Å². The molecule has 2 rings (SSSR count). The number of nitrogens with two attached hydrogens (primary N) is 1. The highest BCUT2D eigenvalue weighted by Gasteiger charge is 2.15. The summed E-state index contributed by atoms with van der Waals surface area (Å²) in [6, 6.07) is 11.0. The van der Waals surface area contributed by atoms with Crippen LogP contribution in [0.5, 0.6) is 0 Å². The normalized spacial score (nSPS) is 12.3. The average molecular weight is 301 g/mol. The Morgan fingerprint density at radius 3 is 2.57 bits per heavy atom. The molecular weight excluding hydrogens is 278 g/mol. The van der Waals surface area contributed by atoms with Crippen LogP contribution in [0.4, 0.5) is 5.82 Å². The zero-order valence-corrected chi connectivity index (χ0v) is 13.7. The maximum Gasteiger partial charge on any atom is 0.128 e. The molecule has 2 aromatic rings. The lowest BCUT2D eigenvalue weighted by Gasteiger charge is -2.19. The number of nitrogens with zero attached hydrogens (tertiary/aromatic N) is 1. The molecule has 0 fully saturated rings. The van der Waals surface area contributed by atoms with Gasteiger partial charge in [-0.25, -0.2) is 4.98 Å². The highest BCUT2D eigenvalue weighted by atomic mass is 32.2. The maximum absolute atomic E-state index is 6.05. The zero-order valence-electron chi connectivity index (χ0n) is 12.9. The van der Waals surface area contributed by atoms with Crippen LogP contribution in [0.2, 0.25) is 0 Å². The minimum atomic E-state index is 0.216. The number of rotatable bonds is 6. The second-order valence-electron chi connectivity index (χ2n) is 5.22. The molecule has 4 heteroatoms. The molecule has 0 bridgehead atoms. The first kappa shape index (κ1) is 15.9. The van der Waals surface area contributed by atoms with Gasteiger partial charge in [0.15, 0.2) is 0 Å². The molecule has 0 saturated carbocycles. The lowest BCUT2D eigenvalue weighted by molar-refractivity contribution is 0.605. The minimum absolute atomic E-state index is 0.216. The highest BCUT2D eigenvalue weighted by Crippen LogP contribution is 2.27. The fourth-order valence-corrected chi connectivity index (χ4v) is 3.19. The Bertz CT molecular complexity index is 581. The summed E-state index contributed by atoms with van der Waals surface area (Å²) in [7, 11) is 0. The number of anilines is 1. The predicted molar refractivity (Wildman–Crippen MR) is 91.7 cm³/mol. The third kappa shape index (κ3) is 4.48. The molecule has 0 radical (unpaired) electrons. The maximum atomic E-state index is 6.05. The number of hydrogen-bond acceptors (Lipinski definition) is 4. The fraction of sp³-hybridized carbons (Fsp3) is 0.353. The molecular formula is C17H23N3S. The molecule has 0 spiro atoms. The van der Waals surface area contributed by atoms with Crippen molar-refractivity contribution in [3.63, 3.8) is 0 Å². The van der Waals surface area contributed by atoms with E-state index in [-0.39, 0.29) is 6.04 Å². The predicted octanol–water partition coefficient (Wildman–Crippen LogP) is 3.72. The van der Waals surface area contributed by atoms with E-state index in [1.165, 1.54) is 10.5 Å². The Morgan fingerprint density at radius 2 is 1.90 bits per heavy atom. The van der Waals surface area contributed by atoms with Gasteiger partial charge in [0.1, 0.15) is 5.82 Å². The van der Waals surface area contributed by atoms with E-state index in [0.29, 0.717) is 5.82 Å². The number of aryl methyl sites for hydroxylation is 2. The Hall–Kier alpha value is -1.52. The quantitative estimate of drug-likeness (QED) is 0.798. The summed E-state index contributed by atoms with van der Waals surface area (Å²) < 4.78 is 0. The molecule has 3 N–H and O–H groups in total. The number of hydrogen-bond donors (Lipinski definition) is 2. The Kier molecular flexibility index (Phi) is 5.65. The average Bonchev–Trinajstić information content (AvgIpc) is 2.48. The smallest absolute Gasteiger partial charge is 0.128 e. The van der Waals surface area contributed by atoms with Gasteiger partial charge in [0.2, 0.25) is 0 Å². The van der Waals surface area contributed by atoms with E-state index in [2.05, 4.69) is 54.5 Å². The van der Waals surface area contributed by atoms with Crippen LogP contribution in [0.3, 0.4) is 0 Å². The van der Waals surface area contributed by atoms with Gasteiger partial charge in [0, 0.05) is 28.5 Å². The number of pyridine rings is 1. The van der Waals surface area contributed by atoms with Crippen LogP contribution in [0.25, 0.3) is 0 Å². The molecule has 1 unspecified atom stereocenters. The summed E-state index contributed by atoms with van der Waals surface area (Å²) in [4.78, 5) is 5.56. The zero-order chi connectivity index (χ0) is 15.2. The Morgan fingerprint density at radius 1 is 1.19 bits per heavy atom. The van der Waals surface area contributed by atoms with Gasteiger partial charge in [-0.1, -0.05) is 24.6 Å². The van der Waals surface area contributed by atoms with Crippen molar-refractivity contribution in [3.05, 3.63) is 53.2 Å². The number of aromatic nitrogens is 1. The van der Waals surface area contributed by atoms with E-state index in [1.54, 1.807) is 0 Å². The molecule has 0 aliphatic heterocycles. The van der Waals surface area contributed by atoms with Crippen molar-refractivity contribution in [1.82, 2.24) is 10.3 Å². The molecule has 112 valence electrons. The number of benzene rings is 1. The topological polar surface area (TPSA) is 50.9 Å². The first-order chi connectivity index (χ1) is 10.1. The van der Waals surface area contributed by atoms with Crippen molar-refractivity contribution in [3.8, 4) is 0 Å². The summed E-state index contributed by atoms with van der Waals surface area (Å²) in [6.45, 7) is 7.18. The fourth-order valence-electron chi connectivity index (χ4n) is 2.20. The van der Waals surface area contributed by atoms with Gasteiger partial charge in [-0.05, 0) is 44.2 Å². The molecule has 3 nitrogen and oxygen atoms in total. The molecule has 21 heavy (non-hydrogen) atoms. The minimum Gasteiger partial charge on any atom is -0.383 e. The summed E-state index contributed by atoms with van der Waals surface area (Å²) in [5.41, 5.74) is 9.57. The summed E-state index contributed by atoms with van der Waals surface area (Å²) >= 11 is 1.84. The lowest BCUT2D eigenvalue weighted by atomic mass is 10.1. The summed E-state index contributed by atoms with van der Waals surface area (Å²) in [6.07, 6.45) is 1.81. The first-order valence-corrected chi connectivity index (χ1v) is 8.23. The van der Waals surface area contributed by atoms with E-state index in [1.807, 2.05) is 24.9 Å². The van der Waals surface area contributed by atoms with Gasteiger partial charge in [0.05, 0.1) is 0 Å². The van der Waals surface area contributed by atoms with E-state index < -0.39 is 0 Å². The highest BCUT2D eigenvalue weighted by molar-refractivity contribution is 7.99. The molecule has 0 saturated heterocycles. The molecule has 0 aliphatic rings. The van der Waals surface area contributed by atoms with Crippen LogP contribution >= 0.6 is 11.8 Å². The van der Waals surface area contributed by atoms with Gasteiger partial charge < -0.3 is 11.1 Å². The van der Waals surface area contributed by atoms with E-state index >= 15 is 0 Å². The van der Waals surface area contributed by atoms with Crippen molar-refractivity contribution in [1.29, 1.82) is 0 Å². The monoisotopic (exact) mass is 301 g/mol. The summed E-state index contributed by atoms with van der Waals surface area (Å²) in [5, 5.41) is 3.51. The summed E-state index contributed by atoms with van der Waals surface area (Å²) in [5.74, 6) is 1.56. The lowest BCUT2D eigenvalue weighted by Crippen LogP contribution is -2.24. The van der Waals surface area contributed by atoms with Gasteiger partial charge in [0.25, 0.3) is 0 Å². The van der Waals surface area contributed by atoms with E-state index in [9.17, 15) is 0 Å². The van der Waals surface area contributed by atoms with Gasteiger partial charge in [-0.2, -0.15) is 0 Å². The largest absolute Gasteiger partial charge is 0.383 e. The van der Waals surface area contributed by atoms with E-state index in [4.69, 9.17) is 5.73 Å². The number of nitrogen functional groups attached to an aromatic ring is 1. The molecule has 1 atom stereocenters. The third-order valence-corrected chi connectivity index (χ3v) is 4.46. The van der Waals surface area contributed by atoms with Crippen molar-refractivity contribution in [2.45, 2.75) is 31.7 Å². The van der Waals surface area contributed by atoms with Crippen molar-refractivity contribution < 1.29 is 0 Å². The van der Waals surface area contributed by atoms with Crippen LogP contribution in [0.1, 0.15) is 29.7 Å². The van der Waals surface area contributed by atoms with Gasteiger partial charge in [-0.3, -0.25) is 0 Å². The SMILES string of the molecule is CCNC(CSc1ccc(C)cc1)c1cc(C)cnc1N. The Labute approximate surface area is 131 Å².